The normalized spacial score (nSPS) is 11.0. The van der Waals surface area contributed by atoms with Gasteiger partial charge in [0.05, 0.1) is 13.2 Å². The molecule has 0 saturated carbocycles. The van der Waals surface area contributed by atoms with E-state index in [1.165, 1.54) is 5.56 Å². The van der Waals surface area contributed by atoms with Crippen LogP contribution in [0.3, 0.4) is 0 Å². The van der Waals surface area contributed by atoms with Gasteiger partial charge in [-0.2, -0.15) is 4.98 Å². The second-order valence-corrected chi connectivity index (χ2v) is 5.65. The minimum atomic E-state index is 0. The van der Waals surface area contributed by atoms with Crippen LogP contribution in [-0.4, -0.2) is 47.7 Å². The fourth-order valence-corrected chi connectivity index (χ4v) is 2.38. The molecule has 8 heteroatoms. The van der Waals surface area contributed by atoms with Crippen LogP contribution < -0.4 is 10.1 Å². The fraction of sp³-hybridized carbons (Fsp3) is 0.500. The summed E-state index contributed by atoms with van der Waals surface area (Å²) >= 11 is 0. The van der Waals surface area contributed by atoms with Gasteiger partial charge in [-0.1, -0.05) is 17.3 Å². The summed E-state index contributed by atoms with van der Waals surface area (Å²) in [5, 5.41) is 7.10. The van der Waals surface area contributed by atoms with Gasteiger partial charge in [-0.3, -0.25) is 4.99 Å². The van der Waals surface area contributed by atoms with Crippen molar-refractivity contribution < 1.29 is 9.26 Å². The Morgan fingerprint density at radius 2 is 2.00 bits per heavy atom. The molecule has 0 spiro atoms. The third kappa shape index (κ3) is 7.19. The van der Waals surface area contributed by atoms with Crippen LogP contribution in [0.2, 0.25) is 0 Å². The van der Waals surface area contributed by atoms with E-state index in [1.54, 1.807) is 0 Å². The number of aryl methyl sites for hydroxylation is 1. The van der Waals surface area contributed by atoms with Crippen LogP contribution >= 0.6 is 24.0 Å². The van der Waals surface area contributed by atoms with Crippen molar-refractivity contribution in [1.29, 1.82) is 0 Å². The summed E-state index contributed by atoms with van der Waals surface area (Å²) in [7, 11) is 2.02. The Hall–Kier alpha value is -1.84. The summed E-state index contributed by atoms with van der Waals surface area (Å²) in [4.78, 5) is 10.9. The van der Waals surface area contributed by atoms with E-state index in [2.05, 4.69) is 44.4 Å². The fourth-order valence-electron chi connectivity index (χ4n) is 2.38. The molecule has 0 aliphatic carbocycles. The molecule has 26 heavy (non-hydrogen) atoms. The summed E-state index contributed by atoms with van der Waals surface area (Å²) < 4.78 is 10.6. The lowest BCUT2D eigenvalue weighted by atomic mass is 10.2. The molecule has 0 fully saturated rings. The van der Waals surface area contributed by atoms with Crippen LogP contribution in [0, 0.1) is 6.92 Å². The maximum atomic E-state index is 5.48. The van der Waals surface area contributed by atoms with Crippen molar-refractivity contribution in [3.05, 3.63) is 41.5 Å². The molecule has 0 saturated heterocycles. The predicted octanol–water partition coefficient (Wildman–Crippen LogP) is 3.03. The van der Waals surface area contributed by atoms with Gasteiger partial charge in [-0.25, -0.2) is 0 Å². The number of benzene rings is 1. The molecule has 1 heterocycles. The zero-order valence-electron chi connectivity index (χ0n) is 15.9. The third-order valence-corrected chi connectivity index (χ3v) is 3.51. The van der Waals surface area contributed by atoms with Crippen LogP contribution in [0.5, 0.6) is 5.75 Å². The van der Waals surface area contributed by atoms with Gasteiger partial charge < -0.3 is 19.5 Å². The van der Waals surface area contributed by atoms with Crippen molar-refractivity contribution in [2.75, 3.05) is 26.7 Å². The molecule has 7 nitrogen and oxygen atoms in total. The van der Waals surface area contributed by atoms with E-state index in [0.717, 1.165) is 24.8 Å². The molecular formula is C18H28IN5O2. The average molecular weight is 473 g/mol. The Labute approximate surface area is 172 Å². The van der Waals surface area contributed by atoms with Crippen LogP contribution in [-0.2, 0) is 13.0 Å². The van der Waals surface area contributed by atoms with Gasteiger partial charge in [0, 0.05) is 26.6 Å². The first-order valence-corrected chi connectivity index (χ1v) is 8.62. The van der Waals surface area contributed by atoms with E-state index >= 15 is 0 Å². The monoisotopic (exact) mass is 473 g/mol. The van der Waals surface area contributed by atoms with E-state index in [-0.39, 0.29) is 24.0 Å². The second-order valence-electron chi connectivity index (χ2n) is 5.65. The molecule has 144 valence electrons. The molecule has 0 unspecified atom stereocenters. The topological polar surface area (TPSA) is 75.8 Å². The molecule has 0 aliphatic rings. The molecule has 2 rings (SSSR count). The lowest BCUT2D eigenvalue weighted by Crippen LogP contribution is -2.38. The highest BCUT2D eigenvalue weighted by Crippen LogP contribution is 2.13. The highest BCUT2D eigenvalue weighted by Gasteiger charge is 2.08. The molecule has 2 aromatic rings. The first kappa shape index (κ1) is 22.2. The summed E-state index contributed by atoms with van der Waals surface area (Å²) in [6.07, 6.45) is 0.632. The number of hydrogen-bond acceptors (Lipinski definition) is 5. The van der Waals surface area contributed by atoms with Gasteiger partial charge >= 0.3 is 0 Å². The number of hydrogen-bond donors (Lipinski definition) is 1. The first-order chi connectivity index (χ1) is 12.1. The van der Waals surface area contributed by atoms with Crippen molar-refractivity contribution in [1.82, 2.24) is 20.4 Å². The quantitative estimate of drug-likeness (QED) is 0.361. The molecule has 0 amide bonds. The number of halogens is 1. The van der Waals surface area contributed by atoms with Crippen LogP contribution in [0.4, 0.5) is 0 Å². The molecule has 1 aromatic carbocycles. The second kappa shape index (κ2) is 11.7. The van der Waals surface area contributed by atoms with Gasteiger partial charge in [0.15, 0.2) is 11.8 Å². The summed E-state index contributed by atoms with van der Waals surface area (Å²) in [6, 6.07) is 8.14. The number of nitrogens with zero attached hydrogens (tertiary/aromatic N) is 4. The summed E-state index contributed by atoms with van der Waals surface area (Å²) in [5.41, 5.74) is 1.20. The molecule has 1 N–H and O–H groups in total. The number of guanidine groups is 1. The van der Waals surface area contributed by atoms with Crippen molar-refractivity contribution in [2.24, 2.45) is 4.99 Å². The molecule has 0 bridgehead atoms. The lowest BCUT2D eigenvalue weighted by Gasteiger charge is -2.22. The van der Waals surface area contributed by atoms with Crippen LogP contribution in [0.1, 0.15) is 31.1 Å². The Balaban J connectivity index is 0.00000338. The number of aromatic nitrogens is 2. The standard InChI is InChI=1S/C18H27N5O2.HI/c1-5-19-18(20-12-11-17-21-14(3)22-25-17)23(4)13-15-7-9-16(10-8-15)24-6-2;/h7-10H,5-6,11-13H2,1-4H3,(H,19,20);1H. The van der Waals surface area contributed by atoms with E-state index in [9.17, 15) is 0 Å². The minimum Gasteiger partial charge on any atom is -0.494 e. The lowest BCUT2D eigenvalue weighted by molar-refractivity contribution is 0.340. The maximum absolute atomic E-state index is 5.48. The molecular weight excluding hydrogens is 445 g/mol. The predicted molar refractivity (Wildman–Crippen MR) is 113 cm³/mol. The first-order valence-electron chi connectivity index (χ1n) is 8.62. The molecule has 0 radical (unpaired) electrons. The number of nitrogens with one attached hydrogen (secondary N) is 1. The van der Waals surface area contributed by atoms with E-state index in [4.69, 9.17) is 9.26 Å². The Bertz CT molecular complexity index is 672. The Kier molecular flexibility index (Phi) is 10.0. The van der Waals surface area contributed by atoms with E-state index in [1.807, 2.05) is 33.0 Å². The van der Waals surface area contributed by atoms with E-state index in [0.29, 0.717) is 31.3 Å². The van der Waals surface area contributed by atoms with Crippen molar-refractivity contribution in [2.45, 2.75) is 33.7 Å². The largest absolute Gasteiger partial charge is 0.494 e. The van der Waals surface area contributed by atoms with E-state index < -0.39 is 0 Å². The zero-order chi connectivity index (χ0) is 18.1. The van der Waals surface area contributed by atoms with Gasteiger partial charge in [0.25, 0.3) is 0 Å². The molecule has 0 atom stereocenters. The van der Waals surface area contributed by atoms with Crippen molar-refractivity contribution in [3.8, 4) is 5.75 Å². The number of aliphatic imine (C=N–C) groups is 1. The smallest absolute Gasteiger partial charge is 0.228 e. The average Bonchev–Trinajstić information content (AvgIpc) is 3.01. The van der Waals surface area contributed by atoms with Gasteiger partial charge in [0.1, 0.15) is 5.75 Å². The Morgan fingerprint density at radius 1 is 1.27 bits per heavy atom. The minimum absolute atomic E-state index is 0. The van der Waals surface area contributed by atoms with Gasteiger partial charge in [0.2, 0.25) is 5.89 Å². The zero-order valence-corrected chi connectivity index (χ0v) is 18.2. The van der Waals surface area contributed by atoms with Gasteiger partial charge in [-0.05, 0) is 38.5 Å². The Morgan fingerprint density at radius 3 is 2.58 bits per heavy atom. The third-order valence-electron chi connectivity index (χ3n) is 3.51. The van der Waals surface area contributed by atoms with Gasteiger partial charge in [-0.15, -0.1) is 24.0 Å². The number of ether oxygens (including phenoxy) is 1. The van der Waals surface area contributed by atoms with Crippen molar-refractivity contribution >= 4 is 29.9 Å². The maximum Gasteiger partial charge on any atom is 0.228 e. The van der Waals surface area contributed by atoms with Crippen LogP contribution in [0.15, 0.2) is 33.8 Å². The molecule has 0 aliphatic heterocycles. The summed E-state index contributed by atoms with van der Waals surface area (Å²) in [5.74, 6) is 3.02. The van der Waals surface area contributed by atoms with Crippen molar-refractivity contribution in [3.63, 3.8) is 0 Å². The SMILES string of the molecule is CCNC(=NCCc1nc(C)no1)N(C)Cc1ccc(OCC)cc1.I. The molecule has 1 aromatic heterocycles. The highest BCUT2D eigenvalue weighted by atomic mass is 127. The summed E-state index contributed by atoms with van der Waals surface area (Å²) in [6.45, 7) is 8.70. The van der Waals surface area contributed by atoms with Crippen LogP contribution in [0.25, 0.3) is 0 Å². The highest BCUT2D eigenvalue weighted by molar-refractivity contribution is 14.0. The number of rotatable bonds is 8.